The highest BCUT2D eigenvalue weighted by atomic mass is 32.2. The Labute approximate surface area is 96.4 Å². The van der Waals surface area contributed by atoms with Gasteiger partial charge in [-0.3, -0.25) is 0 Å². The third kappa shape index (κ3) is 2.45. The zero-order chi connectivity index (χ0) is 11.5. The summed E-state index contributed by atoms with van der Waals surface area (Å²) in [7, 11) is 0. The molecule has 1 atom stereocenters. The SMILES string of the molecule is Fc1ccc(NCC2CCSC2)c(F)c1F. The van der Waals surface area contributed by atoms with Crippen LogP contribution in [0.2, 0.25) is 0 Å². The van der Waals surface area contributed by atoms with E-state index in [-0.39, 0.29) is 5.69 Å². The Kier molecular flexibility index (Phi) is 3.63. The first kappa shape index (κ1) is 11.6. The molecular formula is C11H12F3NS. The van der Waals surface area contributed by atoms with E-state index in [9.17, 15) is 13.2 Å². The van der Waals surface area contributed by atoms with Crippen LogP contribution in [0.15, 0.2) is 12.1 Å². The van der Waals surface area contributed by atoms with E-state index in [0.717, 1.165) is 24.0 Å². The molecule has 0 amide bonds. The molecule has 0 radical (unpaired) electrons. The first-order valence-electron chi connectivity index (χ1n) is 5.13. The highest BCUT2D eigenvalue weighted by Gasteiger charge is 2.17. The molecule has 1 nitrogen and oxygen atoms in total. The maximum absolute atomic E-state index is 13.3. The summed E-state index contributed by atoms with van der Waals surface area (Å²) >= 11 is 1.86. The summed E-state index contributed by atoms with van der Waals surface area (Å²) in [5.74, 6) is -1.06. The molecule has 1 aromatic rings. The summed E-state index contributed by atoms with van der Waals surface area (Å²) in [5, 5.41) is 2.83. The predicted molar refractivity (Wildman–Crippen MR) is 60.2 cm³/mol. The second-order valence-corrected chi connectivity index (χ2v) is 4.98. The van der Waals surface area contributed by atoms with Gasteiger partial charge < -0.3 is 5.32 Å². The second-order valence-electron chi connectivity index (χ2n) is 3.83. The van der Waals surface area contributed by atoms with Gasteiger partial charge in [-0.1, -0.05) is 0 Å². The zero-order valence-electron chi connectivity index (χ0n) is 8.60. The summed E-state index contributed by atoms with van der Waals surface area (Å²) in [6.07, 6.45) is 1.09. The fourth-order valence-electron chi connectivity index (χ4n) is 1.66. The Morgan fingerprint density at radius 1 is 1.25 bits per heavy atom. The van der Waals surface area contributed by atoms with Crippen LogP contribution in [0.4, 0.5) is 18.9 Å². The summed E-state index contributed by atoms with van der Waals surface area (Å²) < 4.78 is 38.8. The first-order valence-corrected chi connectivity index (χ1v) is 6.29. The molecule has 88 valence electrons. The normalized spacial score (nSPS) is 20.1. The molecule has 1 fully saturated rings. The molecule has 1 N–H and O–H groups in total. The molecular weight excluding hydrogens is 235 g/mol. The van der Waals surface area contributed by atoms with Gasteiger partial charge >= 0.3 is 0 Å². The smallest absolute Gasteiger partial charge is 0.196 e. The fourth-order valence-corrected chi connectivity index (χ4v) is 2.95. The van der Waals surface area contributed by atoms with Gasteiger partial charge in [0.05, 0.1) is 5.69 Å². The zero-order valence-corrected chi connectivity index (χ0v) is 9.42. The molecule has 0 aliphatic carbocycles. The molecule has 1 aliphatic rings. The minimum absolute atomic E-state index is 0.0378. The van der Waals surface area contributed by atoms with Gasteiger partial charge in [-0.15, -0.1) is 0 Å². The van der Waals surface area contributed by atoms with Crippen molar-refractivity contribution in [2.75, 3.05) is 23.4 Å². The standard InChI is InChI=1S/C11H12F3NS/c12-8-1-2-9(11(14)10(8)13)15-5-7-3-4-16-6-7/h1-2,7,15H,3-6H2. The van der Waals surface area contributed by atoms with Crippen molar-refractivity contribution in [2.24, 2.45) is 5.92 Å². The van der Waals surface area contributed by atoms with E-state index < -0.39 is 17.5 Å². The lowest BCUT2D eigenvalue weighted by molar-refractivity contribution is 0.448. The van der Waals surface area contributed by atoms with Crippen molar-refractivity contribution in [1.29, 1.82) is 0 Å². The van der Waals surface area contributed by atoms with E-state index in [0.29, 0.717) is 12.5 Å². The van der Waals surface area contributed by atoms with Gasteiger partial charge in [0.25, 0.3) is 0 Å². The van der Waals surface area contributed by atoms with Crippen LogP contribution in [0.25, 0.3) is 0 Å². The molecule has 0 spiro atoms. The van der Waals surface area contributed by atoms with Gasteiger partial charge in [0.1, 0.15) is 0 Å². The quantitative estimate of drug-likeness (QED) is 0.823. The molecule has 0 aromatic heterocycles. The molecule has 1 saturated heterocycles. The Morgan fingerprint density at radius 3 is 2.75 bits per heavy atom. The van der Waals surface area contributed by atoms with Gasteiger partial charge in [-0.2, -0.15) is 11.8 Å². The Morgan fingerprint density at radius 2 is 2.06 bits per heavy atom. The number of anilines is 1. The largest absolute Gasteiger partial charge is 0.382 e. The van der Waals surface area contributed by atoms with E-state index >= 15 is 0 Å². The molecule has 2 rings (SSSR count). The van der Waals surface area contributed by atoms with E-state index in [4.69, 9.17) is 0 Å². The number of thioether (sulfide) groups is 1. The number of benzene rings is 1. The monoisotopic (exact) mass is 247 g/mol. The molecule has 1 heterocycles. The lowest BCUT2D eigenvalue weighted by Crippen LogP contribution is -2.14. The van der Waals surface area contributed by atoms with Crippen LogP contribution in [-0.2, 0) is 0 Å². The maximum Gasteiger partial charge on any atom is 0.196 e. The molecule has 0 bridgehead atoms. The second kappa shape index (κ2) is 4.99. The number of hydrogen-bond donors (Lipinski definition) is 1. The van der Waals surface area contributed by atoms with Gasteiger partial charge in [-0.05, 0) is 36.0 Å². The van der Waals surface area contributed by atoms with Crippen molar-refractivity contribution in [3.8, 4) is 0 Å². The third-order valence-corrected chi connectivity index (χ3v) is 3.87. The van der Waals surface area contributed by atoms with Crippen LogP contribution in [0, 0.1) is 23.4 Å². The Balaban J connectivity index is 2.01. The van der Waals surface area contributed by atoms with E-state index in [1.807, 2.05) is 11.8 Å². The van der Waals surface area contributed by atoms with Crippen LogP contribution in [-0.4, -0.2) is 18.1 Å². The summed E-state index contributed by atoms with van der Waals surface area (Å²) in [6, 6.07) is 2.17. The number of hydrogen-bond acceptors (Lipinski definition) is 2. The van der Waals surface area contributed by atoms with Gasteiger partial charge in [0.2, 0.25) is 0 Å². The van der Waals surface area contributed by atoms with Crippen molar-refractivity contribution >= 4 is 17.4 Å². The van der Waals surface area contributed by atoms with Crippen LogP contribution in [0.1, 0.15) is 6.42 Å². The van der Waals surface area contributed by atoms with Crippen LogP contribution in [0.5, 0.6) is 0 Å². The summed E-state index contributed by atoms with van der Waals surface area (Å²) in [6.45, 7) is 0.606. The molecule has 1 aromatic carbocycles. The van der Waals surface area contributed by atoms with E-state index in [1.165, 1.54) is 6.07 Å². The molecule has 5 heteroatoms. The van der Waals surface area contributed by atoms with Crippen molar-refractivity contribution in [3.05, 3.63) is 29.6 Å². The Hall–Kier alpha value is -0.840. The molecule has 0 saturated carbocycles. The van der Waals surface area contributed by atoms with Crippen LogP contribution in [0.3, 0.4) is 0 Å². The Bertz CT molecular complexity index is 378. The molecule has 1 aliphatic heterocycles. The highest BCUT2D eigenvalue weighted by Crippen LogP contribution is 2.25. The lowest BCUT2D eigenvalue weighted by Gasteiger charge is -2.12. The average Bonchev–Trinajstić information content (AvgIpc) is 2.78. The number of rotatable bonds is 3. The van der Waals surface area contributed by atoms with Gasteiger partial charge in [-0.25, -0.2) is 13.2 Å². The van der Waals surface area contributed by atoms with E-state index in [1.54, 1.807) is 0 Å². The van der Waals surface area contributed by atoms with Gasteiger partial charge in [0.15, 0.2) is 17.5 Å². The lowest BCUT2D eigenvalue weighted by atomic mass is 10.1. The number of nitrogens with one attached hydrogen (secondary N) is 1. The number of halogens is 3. The van der Waals surface area contributed by atoms with Crippen molar-refractivity contribution in [2.45, 2.75) is 6.42 Å². The topological polar surface area (TPSA) is 12.0 Å². The maximum atomic E-state index is 13.3. The van der Waals surface area contributed by atoms with Crippen LogP contribution < -0.4 is 5.32 Å². The predicted octanol–water partition coefficient (Wildman–Crippen LogP) is 3.27. The van der Waals surface area contributed by atoms with E-state index in [2.05, 4.69) is 5.32 Å². The van der Waals surface area contributed by atoms with Crippen molar-refractivity contribution < 1.29 is 13.2 Å². The minimum atomic E-state index is -1.41. The first-order chi connectivity index (χ1) is 7.68. The molecule has 1 unspecified atom stereocenters. The summed E-state index contributed by atoms with van der Waals surface area (Å²) in [4.78, 5) is 0. The van der Waals surface area contributed by atoms with Crippen molar-refractivity contribution in [1.82, 2.24) is 0 Å². The third-order valence-electron chi connectivity index (χ3n) is 2.64. The van der Waals surface area contributed by atoms with Crippen molar-refractivity contribution in [3.63, 3.8) is 0 Å². The fraction of sp³-hybridized carbons (Fsp3) is 0.455. The minimum Gasteiger partial charge on any atom is -0.382 e. The highest BCUT2D eigenvalue weighted by molar-refractivity contribution is 7.99. The summed E-state index contributed by atoms with van der Waals surface area (Å²) in [5.41, 5.74) is 0.0378. The average molecular weight is 247 g/mol. The van der Waals surface area contributed by atoms with Crippen LogP contribution >= 0.6 is 11.8 Å². The molecule has 16 heavy (non-hydrogen) atoms. The van der Waals surface area contributed by atoms with Gasteiger partial charge in [0, 0.05) is 6.54 Å².